The van der Waals surface area contributed by atoms with Crippen molar-refractivity contribution in [2.75, 3.05) is 33.2 Å². The normalized spacial score (nSPS) is 18.6. The summed E-state index contributed by atoms with van der Waals surface area (Å²) in [5, 5.41) is 2.92. The van der Waals surface area contributed by atoms with Crippen molar-refractivity contribution in [3.63, 3.8) is 0 Å². The maximum Gasteiger partial charge on any atom is 0.132 e. The predicted octanol–water partition coefficient (Wildman–Crippen LogP) is 2.79. The molecule has 1 aromatic carbocycles. The average molecular weight is 264 g/mol. The van der Waals surface area contributed by atoms with E-state index in [2.05, 4.69) is 22.2 Å². The molecule has 0 unspecified atom stereocenters. The van der Waals surface area contributed by atoms with Crippen LogP contribution in [0.25, 0.3) is 10.1 Å². The Morgan fingerprint density at radius 2 is 2.00 bits per heavy atom. The number of nitrogens with zero attached hydrogens (tertiary/aromatic N) is 2. The summed E-state index contributed by atoms with van der Waals surface area (Å²) in [6.45, 7) is 5.22. The Labute approximate surface area is 111 Å². The molecule has 18 heavy (non-hydrogen) atoms. The zero-order chi connectivity index (χ0) is 12.5. The second-order valence-corrected chi connectivity index (χ2v) is 5.86. The van der Waals surface area contributed by atoms with Crippen LogP contribution >= 0.6 is 11.3 Å². The van der Waals surface area contributed by atoms with Gasteiger partial charge in [-0.3, -0.25) is 4.90 Å². The van der Waals surface area contributed by atoms with Crippen LogP contribution < -0.4 is 0 Å². The Bertz CT molecular complexity index is 544. The first kappa shape index (κ1) is 12.1. The molecule has 0 bridgehead atoms. The number of fused-ring (bicyclic) bond motifs is 1. The van der Waals surface area contributed by atoms with Crippen molar-refractivity contribution in [2.45, 2.75) is 6.54 Å². The van der Waals surface area contributed by atoms with Crippen molar-refractivity contribution in [1.29, 1.82) is 0 Å². The molecule has 3 rings (SSSR count). The minimum Gasteiger partial charge on any atom is -0.304 e. The molecule has 96 valence electrons. The number of piperazine rings is 1. The zero-order valence-electron chi connectivity index (χ0n) is 10.5. The van der Waals surface area contributed by atoms with Gasteiger partial charge in [0, 0.05) is 42.8 Å². The van der Waals surface area contributed by atoms with Crippen LogP contribution in [-0.4, -0.2) is 43.0 Å². The van der Waals surface area contributed by atoms with E-state index in [1.807, 2.05) is 6.07 Å². The Balaban J connectivity index is 1.82. The van der Waals surface area contributed by atoms with Crippen LogP contribution in [0.2, 0.25) is 0 Å². The van der Waals surface area contributed by atoms with Crippen molar-refractivity contribution in [3.05, 3.63) is 35.0 Å². The molecule has 2 nitrogen and oxygen atoms in total. The zero-order valence-corrected chi connectivity index (χ0v) is 11.3. The molecule has 0 spiro atoms. The number of thiophene rings is 1. The lowest BCUT2D eigenvalue weighted by atomic mass is 10.1. The Hall–Kier alpha value is -0.970. The van der Waals surface area contributed by atoms with Gasteiger partial charge in [0.05, 0.1) is 0 Å². The molecule has 0 atom stereocenters. The van der Waals surface area contributed by atoms with E-state index in [-0.39, 0.29) is 5.82 Å². The lowest BCUT2D eigenvalue weighted by molar-refractivity contribution is 0.148. The fraction of sp³-hybridized carbons (Fsp3) is 0.429. The number of rotatable bonds is 2. The van der Waals surface area contributed by atoms with E-state index in [1.54, 1.807) is 23.5 Å². The van der Waals surface area contributed by atoms with E-state index in [4.69, 9.17) is 0 Å². The largest absolute Gasteiger partial charge is 0.304 e. The summed E-state index contributed by atoms with van der Waals surface area (Å²) in [5.74, 6) is -0.0853. The third kappa shape index (κ3) is 2.28. The summed E-state index contributed by atoms with van der Waals surface area (Å²) in [6, 6.07) is 5.34. The SMILES string of the molecule is CN1CCN(Cc2csc3cccc(F)c23)CC1. The quantitative estimate of drug-likeness (QED) is 0.823. The standard InChI is InChI=1S/C14H17FN2S/c1-16-5-7-17(8-6-16)9-11-10-18-13-4-2-3-12(15)14(11)13/h2-4,10H,5-9H2,1H3. The first-order chi connectivity index (χ1) is 8.74. The van der Waals surface area contributed by atoms with Crippen LogP contribution in [-0.2, 0) is 6.54 Å². The van der Waals surface area contributed by atoms with Gasteiger partial charge in [0.2, 0.25) is 0 Å². The highest BCUT2D eigenvalue weighted by atomic mass is 32.1. The summed E-state index contributed by atoms with van der Waals surface area (Å²) in [7, 11) is 2.15. The van der Waals surface area contributed by atoms with E-state index >= 15 is 0 Å². The van der Waals surface area contributed by atoms with Gasteiger partial charge in [-0.05, 0) is 30.1 Å². The molecule has 0 N–H and O–H groups in total. The molecule has 1 fully saturated rings. The summed E-state index contributed by atoms with van der Waals surface area (Å²) in [5.41, 5.74) is 1.14. The third-order valence-corrected chi connectivity index (χ3v) is 4.61. The van der Waals surface area contributed by atoms with E-state index in [9.17, 15) is 4.39 Å². The lowest BCUT2D eigenvalue weighted by Gasteiger charge is -2.32. The molecule has 0 amide bonds. The third-order valence-electron chi connectivity index (χ3n) is 3.61. The first-order valence-corrected chi connectivity index (χ1v) is 7.17. The molecule has 0 radical (unpaired) electrons. The van der Waals surface area contributed by atoms with Gasteiger partial charge in [0.25, 0.3) is 0 Å². The molecular weight excluding hydrogens is 247 g/mol. The first-order valence-electron chi connectivity index (χ1n) is 6.29. The second-order valence-electron chi connectivity index (χ2n) is 4.95. The highest BCUT2D eigenvalue weighted by Gasteiger charge is 2.16. The van der Waals surface area contributed by atoms with Crippen molar-refractivity contribution in [2.24, 2.45) is 0 Å². The Morgan fingerprint density at radius 1 is 1.22 bits per heavy atom. The fourth-order valence-corrected chi connectivity index (χ4v) is 3.44. The number of halogens is 1. The van der Waals surface area contributed by atoms with Crippen LogP contribution in [0.1, 0.15) is 5.56 Å². The fourth-order valence-electron chi connectivity index (χ4n) is 2.47. The Kier molecular flexibility index (Phi) is 3.33. The molecule has 1 saturated heterocycles. The van der Waals surface area contributed by atoms with Crippen LogP contribution in [0.15, 0.2) is 23.6 Å². The van der Waals surface area contributed by atoms with Gasteiger partial charge in [-0.15, -0.1) is 11.3 Å². The number of hydrogen-bond donors (Lipinski definition) is 0. The monoisotopic (exact) mass is 264 g/mol. The van der Waals surface area contributed by atoms with Gasteiger partial charge >= 0.3 is 0 Å². The van der Waals surface area contributed by atoms with Crippen LogP contribution in [0.3, 0.4) is 0 Å². The summed E-state index contributed by atoms with van der Waals surface area (Å²) in [6.07, 6.45) is 0. The highest BCUT2D eigenvalue weighted by molar-refractivity contribution is 7.17. The van der Waals surface area contributed by atoms with Crippen LogP contribution in [0, 0.1) is 5.82 Å². The van der Waals surface area contributed by atoms with Crippen molar-refractivity contribution >= 4 is 21.4 Å². The molecule has 4 heteroatoms. The van der Waals surface area contributed by atoms with E-state index in [0.717, 1.165) is 48.4 Å². The summed E-state index contributed by atoms with van der Waals surface area (Å²) < 4.78 is 14.9. The maximum atomic E-state index is 13.9. The molecule has 0 aliphatic carbocycles. The van der Waals surface area contributed by atoms with Gasteiger partial charge in [-0.1, -0.05) is 6.07 Å². The topological polar surface area (TPSA) is 6.48 Å². The van der Waals surface area contributed by atoms with E-state index < -0.39 is 0 Å². The predicted molar refractivity (Wildman–Crippen MR) is 74.6 cm³/mol. The van der Waals surface area contributed by atoms with Crippen molar-refractivity contribution < 1.29 is 4.39 Å². The van der Waals surface area contributed by atoms with Gasteiger partial charge in [-0.25, -0.2) is 4.39 Å². The van der Waals surface area contributed by atoms with E-state index in [1.165, 1.54) is 0 Å². The minimum atomic E-state index is -0.0853. The molecular formula is C14H17FN2S. The van der Waals surface area contributed by atoms with Crippen molar-refractivity contribution in [1.82, 2.24) is 9.80 Å². The maximum absolute atomic E-state index is 13.9. The molecule has 1 aliphatic heterocycles. The molecule has 2 heterocycles. The van der Waals surface area contributed by atoms with Gasteiger partial charge in [-0.2, -0.15) is 0 Å². The molecule has 0 saturated carbocycles. The van der Waals surface area contributed by atoms with Crippen molar-refractivity contribution in [3.8, 4) is 0 Å². The lowest BCUT2D eigenvalue weighted by Crippen LogP contribution is -2.43. The molecule has 1 aromatic heterocycles. The molecule has 1 aliphatic rings. The van der Waals surface area contributed by atoms with E-state index in [0.29, 0.717) is 0 Å². The average Bonchev–Trinajstić information content (AvgIpc) is 2.77. The van der Waals surface area contributed by atoms with Gasteiger partial charge < -0.3 is 4.90 Å². The molecule has 2 aromatic rings. The minimum absolute atomic E-state index is 0.0853. The van der Waals surface area contributed by atoms with Crippen LogP contribution in [0.4, 0.5) is 4.39 Å². The van der Waals surface area contributed by atoms with Crippen LogP contribution in [0.5, 0.6) is 0 Å². The number of likely N-dealkylation sites (N-methyl/N-ethyl adjacent to an activating group) is 1. The van der Waals surface area contributed by atoms with Gasteiger partial charge in [0.15, 0.2) is 0 Å². The number of benzene rings is 1. The van der Waals surface area contributed by atoms with Gasteiger partial charge in [0.1, 0.15) is 5.82 Å². The Morgan fingerprint density at radius 3 is 2.78 bits per heavy atom. The number of hydrogen-bond acceptors (Lipinski definition) is 3. The summed E-state index contributed by atoms with van der Waals surface area (Å²) in [4.78, 5) is 4.75. The second kappa shape index (κ2) is 4.96. The summed E-state index contributed by atoms with van der Waals surface area (Å²) >= 11 is 1.64. The smallest absolute Gasteiger partial charge is 0.132 e. The highest BCUT2D eigenvalue weighted by Crippen LogP contribution is 2.29.